The number of hydrogen-bond acceptors (Lipinski definition) is 2. The van der Waals surface area contributed by atoms with E-state index in [1.807, 2.05) is 0 Å². The number of carbonyl (C=O) groups is 1. The average Bonchev–Trinajstić information content (AvgIpc) is 1.38. The van der Waals surface area contributed by atoms with Crippen LogP contribution in [-0.4, -0.2) is 5.97 Å². The van der Waals surface area contributed by atoms with Crippen molar-refractivity contribution in [2.24, 2.45) is 0 Å². The van der Waals surface area contributed by atoms with Crippen LogP contribution in [0.3, 0.4) is 0 Å². The topological polar surface area (TPSA) is 40.1 Å². The van der Waals surface area contributed by atoms with Gasteiger partial charge in [0.05, 0.1) is 0 Å². The van der Waals surface area contributed by atoms with Crippen LogP contribution in [-0.2, 0) is 21.9 Å². The third-order valence-corrected chi connectivity index (χ3v) is 0.118. The molecule has 0 unspecified atom stereocenters. The van der Waals surface area contributed by atoms with E-state index in [9.17, 15) is 0 Å². The first-order chi connectivity index (χ1) is 2.27. The fraction of sp³-hybridized carbons (Fsp3) is 0. The van der Waals surface area contributed by atoms with Crippen LogP contribution < -0.4 is 5.11 Å². The van der Waals surface area contributed by atoms with E-state index in [-0.39, 0.29) is 17.1 Å². The third kappa shape index (κ3) is 9.61. The van der Waals surface area contributed by atoms with E-state index >= 15 is 0 Å². The zero-order valence-corrected chi connectivity index (χ0v) is 3.64. The van der Waals surface area contributed by atoms with Crippen LogP contribution in [0.1, 0.15) is 0 Å². The molecule has 0 saturated heterocycles. The Labute approximate surface area is 46.0 Å². The van der Waals surface area contributed by atoms with Gasteiger partial charge in [0, 0.05) is 0 Å². The predicted octanol–water partition coefficient (Wildman–Crippen LogP) is -1.63. The maximum absolute atomic E-state index is 9.02. The van der Waals surface area contributed by atoms with Crippen molar-refractivity contribution < 1.29 is 27.0 Å². The molecular weight excluding hydrogens is 132 g/mol. The van der Waals surface area contributed by atoms with E-state index in [1.54, 1.807) is 0 Å². The fourth-order valence-electron chi connectivity index (χ4n) is 0. The second-order valence-electron chi connectivity index (χ2n) is 0.432. The summed E-state index contributed by atoms with van der Waals surface area (Å²) in [5.41, 5.74) is 0. The van der Waals surface area contributed by atoms with E-state index in [0.29, 0.717) is 0 Å². The summed E-state index contributed by atoms with van der Waals surface area (Å²) in [5.74, 6) is -0.134. The smallest absolute Gasteiger partial charge is 0.537 e. The van der Waals surface area contributed by atoms with Crippen molar-refractivity contribution >= 4 is 5.97 Å². The van der Waals surface area contributed by atoms with Crippen molar-refractivity contribution in [1.29, 1.82) is 0 Å². The molecule has 3 heteroatoms. The van der Waals surface area contributed by atoms with Gasteiger partial charge in [-0.3, -0.25) is 0 Å². The molecule has 0 amide bonds. The molecule has 0 saturated carbocycles. The van der Waals surface area contributed by atoms with Gasteiger partial charge in [-0.15, -0.1) is 6.42 Å². The summed E-state index contributed by atoms with van der Waals surface area (Å²) < 4.78 is 0. The zero-order valence-electron chi connectivity index (χ0n) is 2.70. The molecule has 0 aromatic rings. The molecule has 0 heterocycles. The van der Waals surface area contributed by atoms with Gasteiger partial charge in [-0.1, -0.05) is 5.92 Å². The Hall–Kier alpha value is -0.451. The maximum atomic E-state index is 9.02. The first-order valence-corrected chi connectivity index (χ1v) is 0.947. The Morgan fingerprint density at radius 1 is 1.83 bits per heavy atom. The van der Waals surface area contributed by atoms with Crippen LogP contribution in [0.15, 0.2) is 0 Å². The average molecular weight is 133 g/mol. The van der Waals surface area contributed by atoms with Gasteiger partial charge < -0.3 is 9.90 Å². The minimum Gasteiger partial charge on any atom is -0.537 e. The molecule has 0 aromatic heterocycles. The van der Waals surface area contributed by atoms with E-state index in [2.05, 4.69) is 6.42 Å². The van der Waals surface area contributed by atoms with Crippen LogP contribution in [0.25, 0.3) is 0 Å². The van der Waals surface area contributed by atoms with Crippen molar-refractivity contribution in [2.75, 3.05) is 0 Å². The predicted molar refractivity (Wildman–Crippen MR) is 13.8 cm³/mol. The van der Waals surface area contributed by atoms with Crippen molar-refractivity contribution in [3.8, 4) is 12.3 Å². The Morgan fingerprint density at radius 3 is 2.00 bits per heavy atom. The summed E-state index contributed by atoms with van der Waals surface area (Å²) in [5, 5.41) is 9.02. The van der Waals surface area contributed by atoms with Gasteiger partial charge in [-0.25, -0.2) is 0 Å². The normalized spacial score (nSPS) is 4.50. The van der Waals surface area contributed by atoms with Crippen molar-refractivity contribution in [2.45, 2.75) is 0 Å². The van der Waals surface area contributed by atoms with Crippen molar-refractivity contribution in [3.05, 3.63) is 0 Å². The number of carboxylic acids is 1. The Bertz CT molecular complexity index is 81.3. The summed E-state index contributed by atoms with van der Waals surface area (Å²) in [6.45, 7) is 0. The zero-order chi connectivity index (χ0) is 4.28. The SMILES string of the molecule is C#CC(=O)[O-].[Cu+]. The van der Waals surface area contributed by atoms with Gasteiger partial charge in [0.1, 0.15) is 5.97 Å². The molecule has 0 aliphatic carbocycles. The standard InChI is InChI=1S/C3H2O2.Cu/c1-2-3(4)5;/h1H,(H,4,5);/q;+1/p-1. The van der Waals surface area contributed by atoms with Crippen molar-refractivity contribution in [1.82, 2.24) is 0 Å². The molecule has 0 spiro atoms. The van der Waals surface area contributed by atoms with Crippen LogP contribution in [0.2, 0.25) is 0 Å². The van der Waals surface area contributed by atoms with Crippen LogP contribution >= 0.6 is 0 Å². The van der Waals surface area contributed by atoms with Gasteiger partial charge in [0.2, 0.25) is 0 Å². The molecule has 0 aliphatic rings. The fourth-order valence-corrected chi connectivity index (χ4v) is 0. The summed E-state index contributed by atoms with van der Waals surface area (Å²) in [7, 11) is 0. The second kappa shape index (κ2) is 4.55. The van der Waals surface area contributed by atoms with Crippen LogP contribution in [0.4, 0.5) is 0 Å². The number of aliphatic carboxylic acids is 1. The monoisotopic (exact) mass is 132 g/mol. The molecule has 0 radical (unpaired) electrons. The Balaban J connectivity index is 0. The van der Waals surface area contributed by atoms with E-state index < -0.39 is 5.97 Å². The number of carbonyl (C=O) groups excluding carboxylic acids is 1. The van der Waals surface area contributed by atoms with Crippen molar-refractivity contribution in [3.63, 3.8) is 0 Å². The molecule has 0 atom stereocenters. The van der Waals surface area contributed by atoms with Crippen LogP contribution in [0.5, 0.6) is 0 Å². The van der Waals surface area contributed by atoms with E-state index in [1.165, 1.54) is 5.92 Å². The second-order valence-corrected chi connectivity index (χ2v) is 0.432. The first-order valence-electron chi connectivity index (χ1n) is 0.947. The molecule has 6 heavy (non-hydrogen) atoms. The number of carboxylic acid groups (broad SMARTS) is 1. The van der Waals surface area contributed by atoms with E-state index in [0.717, 1.165) is 0 Å². The molecule has 0 N–H and O–H groups in total. The summed E-state index contributed by atoms with van der Waals surface area (Å²) >= 11 is 0. The summed E-state index contributed by atoms with van der Waals surface area (Å²) in [6, 6.07) is 0. The molecule has 0 rings (SSSR count). The number of rotatable bonds is 0. The molecule has 2 nitrogen and oxygen atoms in total. The summed E-state index contributed by atoms with van der Waals surface area (Å²) in [6.07, 6.45) is 4.26. The molecular formula is C3HCuO2. The van der Waals surface area contributed by atoms with Gasteiger partial charge >= 0.3 is 17.1 Å². The minimum absolute atomic E-state index is 0. The third-order valence-electron chi connectivity index (χ3n) is 0.118. The van der Waals surface area contributed by atoms with Gasteiger partial charge in [0.25, 0.3) is 0 Å². The number of hydrogen-bond donors (Lipinski definition) is 0. The Kier molecular flexibility index (Phi) is 6.91. The maximum Gasteiger partial charge on any atom is 1.00 e. The largest absolute Gasteiger partial charge is 1.00 e. The molecule has 0 aromatic carbocycles. The molecule has 36 valence electrons. The first kappa shape index (κ1) is 9.12. The quantitative estimate of drug-likeness (QED) is 0.293. The van der Waals surface area contributed by atoms with Gasteiger partial charge in [-0.2, -0.15) is 0 Å². The van der Waals surface area contributed by atoms with Crippen LogP contribution in [0, 0.1) is 12.3 Å². The number of terminal acetylenes is 1. The minimum atomic E-state index is -1.47. The van der Waals surface area contributed by atoms with Gasteiger partial charge in [0.15, 0.2) is 0 Å². The molecule has 0 fully saturated rings. The molecule has 0 aliphatic heterocycles. The van der Waals surface area contributed by atoms with E-state index in [4.69, 9.17) is 9.90 Å². The summed E-state index contributed by atoms with van der Waals surface area (Å²) in [4.78, 5) is 9.02. The van der Waals surface area contributed by atoms with Gasteiger partial charge in [-0.05, 0) is 0 Å². The molecule has 0 bridgehead atoms. The Morgan fingerprint density at radius 2 is 2.00 bits per heavy atom.